The van der Waals surface area contributed by atoms with E-state index in [0.717, 1.165) is 43.9 Å². The van der Waals surface area contributed by atoms with Crippen LogP contribution in [0.1, 0.15) is 13.8 Å². The van der Waals surface area contributed by atoms with Gasteiger partial charge in [0, 0.05) is 38.3 Å². The highest BCUT2D eigenvalue weighted by Crippen LogP contribution is 2.43. The normalized spacial score (nSPS) is 16.2. The number of hydrogen-bond donors (Lipinski definition) is 1. The second-order valence-corrected chi connectivity index (χ2v) is 7.72. The number of anilines is 1. The van der Waals surface area contributed by atoms with E-state index in [1.807, 2.05) is 6.07 Å². The lowest BCUT2D eigenvalue weighted by Gasteiger charge is -2.43. The lowest BCUT2D eigenvalue weighted by molar-refractivity contribution is 0.0699. The maximum atomic E-state index is 5.56. The van der Waals surface area contributed by atoms with Crippen molar-refractivity contribution in [3.8, 4) is 17.2 Å². The monoisotopic (exact) mass is 389 g/mol. The second-order valence-electron chi connectivity index (χ2n) is 7.72. The molecule has 0 saturated carbocycles. The number of methoxy groups -OCH3 is 3. The summed E-state index contributed by atoms with van der Waals surface area (Å²) in [5, 5.41) is 4.36. The molecule has 1 aromatic heterocycles. The topological polar surface area (TPSA) is 72.0 Å². The molecule has 0 atom stereocenters. The Labute approximate surface area is 166 Å². The number of nitrogens with one attached hydrogen (secondary N) is 1. The van der Waals surface area contributed by atoms with Crippen LogP contribution in [0.4, 0.5) is 5.82 Å². The molecule has 0 bridgehead atoms. The van der Waals surface area contributed by atoms with Gasteiger partial charge in [-0.3, -0.25) is 4.90 Å². The Balaban J connectivity index is 1.89. The Bertz CT molecular complexity index is 819. The highest BCUT2D eigenvalue weighted by atomic mass is 16.5. The molecule has 8 heteroatoms. The molecule has 1 aliphatic rings. The van der Waals surface area contributed by atoms with Crippen LogP contribution in [0.25, 0.3) is 10.9 Å². The van der Waals surface area contributed by atoms with Gasteiger partial charge in [-0.25, -0.2) is 9.97 Å². The van der Waals surface area contributed by atoms with Crippen molar-refractivity contribution in [2.24, 2.45) is 0 Å². The summed E-state index contributed by atoms with van der Waals surface area (Å²) in [7, 11) is 6.97. The highest BCUT2D eigenvalue weighted by Gasteiger charge is 2.29. The van der Waals surface area contributed by atoms with Crippen LogP contribution in [-0.2, 0) is 0 Å². The van der Waals surface area contributed by atoms with Crippen LogP contribution in [0.5, 0.6) is 17.2 Å². The summed E-state index contributed by atoms with van der Waals surface area (Å²) in [4.78, 5) is 13.8. The number of hydrogen-bond acceptors (Lipinski definition) is 8. The summed E-state index contributed by atoms with van der Waals surface area (Å²) in [5.74, 6) is 2.41. The van der Waals surface area contributed by atoms with Gasteiger partial charge in [0.2, 0.25) is 5.75 Å². The van der Waals surface area contributed by atoms with E-state index in [1.165, 1.54) is 0 Å². The number of nitrogens with zero attached hydrogens (tertiary/aromatic N) is 4. The lowest BCUT2D eigenvalue weighted by Crippen LogP contribution is -2.56. The maximum absolute atomic E-state index is 5.56. The first-order valence-corrected chi connectivity index (χ1v) is 9.52. The lowest BCUT2D eigenvalue weighted by atomic mass is 10.0. The van der Waals surface area contributed by atoms with E-state index < -0.39 is 0 Å². The fourth-order valence-electron chi connectivity index (χ4n) is 3.63. The number of aromatic nitrogens is 2. The van der Waals surface area contributed by atoms with Gasteiger partial charge in [0.25, 0.3) is 0 Å². The molecule has 0 aliphatic carbocycles. The summed E-state index contributed by atoms with van der Waals surface area (Å²) >= 11 is 0. The van der Waals surface area contributed by atoms with Gasteiger partial charge < -0.3 is 24.4 Å². The van der Waals surface area contributed by atoms with Crippen LogP contribution in [0.3, 0.4) is 0 Å². The minimum atomic E-state index is -0.000817. The van der Waals surface area contributed by atoms with Crippen molar-refractivity contribution < 1.29 is 14.2 Å². The van der Waals surface area contributed by atoms with Crippen LogP contribution < -0.4 is 19.5 Å². The Morgan fingerprint density at radius 3 is 2.29 bits per heavy atom. The van der Waals surface area contributed by atoms with Crippen molar-refractivity contribution >= 4 is 16.7 Å². The highest BCUT2D eigenvalue weighted by molar-refractivity contribution is 5.96. The smallest absolute Gasteiger partial charge is 0.205 e. The van der Waals surface area contributed by atoms with Gasteiger partial charge >= 0.3 is 0 Å². The quantitative estimate of drug-likeness (QED) is 0.772. The average Bonchev–Trinajstić information content (AvgIpc) is 2.70. The van der Waals surface area contributed by atoms with E-state index in [1.54, 1.807) is 27.7 Å². The zero-order valence-electron chi connectivity index (χ0n) is 17.7. The van der Waals surface area contributed by atoms with Gasteiger partial charge in [-0.15, -0.1) is 0 Å². The van der Waals surface area contributed by atoms with Gasteiger partial charge in [0.05, 0.1) is 26.7 Å². The van der Waals surface area contributed by atoms with Gasteiger partial charge in [0.15, 0.2) is 11.5 Å². The maximum Gasteiger partial charge on any atom is 0.205 e. The van der Waals surface area contributed by atoms with E-state index in [4.69, 9.17) is 14.2 Å². The molecular weight excluding hydrogens is 358 g/mol. The molecule has 1 saturated heterocycles. The third-order valence-electron chi connectivity index (χ3n) is 5.48. The molecule has 2 heterocycles. The van der Waals surface area contributed by atoms with Crippen molar-refractivity contribution in [2.75, 3.05) is 66.4 Å². The average molecular weight is 390 g/mol. The molecular formula is C20H31N5O3. The Morgan fingerprint density at radius 1 is 1.00 bits per heavy atom. The summed E-state index contributed by atoms with van der Waals surface area (Å²) in [6, 6.07) is 1.89. The van der Waals surface area contributed by atoms with Crippen molar-refractivity contribution in [3.63, 3.8) is 0 Å². The molecule has 3 rings (SSSR count). The van der Waals surface area contributed by atoms with Crippen LogP contribution >= 0.6 is 0 Å². The summed E-state index contributed by atoms with van der Waals surface area (Å²) in [6.45, 7) is 9.60. The second kappa shape index (κ2) is 8.36. The molecule has 8 nitrogen and oxygen atoms in total. The van der Waals surface area contributed by atoms with Crippen LogP contribution in [0, 0.1) is 0 Å². The Morgan fingerprint density at radius 2 is 1.68 bits per heavy atom. The van der Waals surface area contributed by atoms with E-state index in [9.17, 15) is 0 Å². The molecule has 2 aromatic rings. The predicted molar refractivity (Wildman–Crippen MR) is 111 cm³/mol. The van der Waals surface area contributed by atoms with Crippen molar-refractivity contribution in [1.82, 2.24) is 19.8 Å². The molecule has 0 spiro atoms. The molecule has 1 aliphatic heterocycles. The standard InChI is InChI=1S/C20H31N5O3/c1-20(2,25-9-7-24(3)8-10-25)12-21-19-14-11-15(26-4)17(27-5)18(28-6)16(14)22-13-23-19/h11,13H,7-10,12H2,1-6H3,(H,21,22,23). The zero-order chi connectivity index (χ0) is 20.3. The molecule has 0 radical (unpaired) electrons. The van der Waals surface area contributed by atoms with E-state index in [-0.39, 0.29) is 5.54 Å². The minimum absolute atomic E-state index is 0.000817. The minimum Gasteiger partial charge on any atom is -0.493 e. The SMILES string of the molecule is COc1cc2c(NCC(C)(C)N3CCN(C)CC3)ncnc2c(OC)c1OC. The first-order valence-electron chi connectivity index (χ1n) is 9.52. The molecule has 154 valence electrons. The summed E-state index contributed by atoms with van der Waals surface area (Å²) in [5.41, 5.74) is 0.689. The largest absolute Gasteiger partial charge is 0.493 e. The fourth-order valence-corrected chi connectivity index (χ4v) is 3.63. The molecule has 28 heavy (non-hydrogen) atoms. The summed E-state index contributed by atoms with van der Waals surface area (Å²) < 4.78 is 16.5. The fraction of sp³-hybridized carbons (Fsp3) is 0.600. The number of rotatable bonds is 7. The van der Waals surface area contributed by atoms with Crippen LogP contribution in [0.15, 0.2) is 12.4 Å². The molecule has 1 fully saturated rings. The van der Waals surface area contributed by atoms with E-state index in [0.29, 0.717) is 22.8 Å². The van der Waals surface area contributed by atoms with Gasteiger partial charge in [-0.05, 0) is 27.0 Å². The van der Waals surface area contributed by atoms with Gasteiger partial charge in [-0.1, -0.05) is 0 Å². The third-order valence-corrected chi connectivity index (χ3v) is 5.48. The van der Waals surface area contributed by atoms with Gasteiger partial charge in [-0.2, -0.15) is 0 Å². The number of benzene rings is 1. The predicted octanol–water partition coefficient (Wildman–Crippen LogP) is 2.09. The first-order chi connectivity index (χ1) is 13.4. The van der Waals surface area contributed by atoms with Crippen molar-refractivity contribution in [2.45, 2.75) is 19.4 Å². The Kier molecular flexibility index (Phi) is 6.10. The summed E-state index contributed by atoms with van der Waals surface area (Å²) in [6.07, 6.45) is 1.54. The van der Waals surface area contributed by atoms with Gasteiger partial charge in [0.1, 0.15) is 17.7 Å². The van der Waals surface area contributed by atoms with Crippen LogP contribution in [-0.4, -0.2) is 86.4 Å². The molecule has 0 amide bonds. The first kappa shape index (κ1) is 20.4. The van der Waals surface area contributed by atoms with Crippen molar-refractivity contribution in [1.29, 1.82) is 0 Å². The molecule has 1 N–H and O–H groups in total. The number of fused-ring (bicyclic) bond motifs is 1. The zero-order valence-corrected chi connectivity index (χ0v) is 17.7. The Hall–Kier alpha value is -2.32. The van der Waals surface area contributed by atoms with E-state index in [2.05, 4.69) is 46.0 Å². The third kappa shape index (κ3) is 3.93. The molecule has 0 unspecified atom stereocenters. The van der Waals surface area contributed by atoms with Crippen LogP contribution in [0.2, 0.25) is 0 Å². The van der Waals surface area contributed by atoms with Crippen molar-refractivity contribution in [3.05, 3.63) is 12.4 Å². The van der Waals surface area contributed by atoms with E-state index >= 15 is 0 Å². The number of piperazine rings is 1. The molecule has 1 aromatic carbocycles. The number of ether oxygens (including phenoxy) is 3. The number of likely N-dealkylation sites (N-methyl/N-ethyl adjacent to an activating group) is 1.